The minimum absolute atomic E-state index is 0.102. The first-order chi connectivity index (χ1) is 9.10. The van der Waals surface area contributed by atoms with E-state index in [1.54, 1.807) is 16.9 Å². The summed E-state index contributed by atoms with van der Waals surface area (Å²) in [5, 5.41) is 4.02. The van der Waals surface area contributed by atoms with Crippen molar-refractivity contribution >= 4 is 5.78 Å². The molecule has 0 aliphatic rings. The van der Waals surface area contributed by atoms with E-state index in [0.29, 0.717) is 12.2 Å². The van der Waals surface area contributed by atoms with Crippen molar-refractivity contribution in [2.75, 3.05) is 7.11 Å². The van der Waals surface area contributed by atoms with Crippen molar-refractivity contribution in [3.8, 4) is 5.75 Å². The number of carbonyl (C=O) groups is 1. The van der Waals surface area contributed by atoms with E-state index in [4.69, 9.17) is 4.74 Å². The number of methoxy groups -OCH3 is 1. The molecule has 100 valence electrons. The van der Waals surface area contributed by atoms with Crippen LogP contribution in [0.3, 0.4) is 0 Å². The summed E-state index contributed by atoms with van der Waals surface area (Å²) in [4.78, 5) is 11.9. The fourth-order valence-electron chi connectivity index (χ4n) is 1.84. The van der Waals surface area contributed by atoms with Crippen LogP contribution in [0.2, 0.25) is 0 Å². The van der Waals surface area contributed by atoms with Crippen LogP contribution in [0.5, 0.6) is 5.75 Å². The highest BCUT2D eigenvalue weighted by Gasteiger charge is 2.13. The number of halogens is 1. The number of Topliss-reactive ketones (excluding diaryl/α,β-unsaturated/α-hetero) is 1. The molecule has 0 unspecified atom stereocenters. The summed E-state index contributed by atoms with van der Waals surface area (Å²) < 4.78 is 20.3. The number of aryl methyl sites for hydroxylation is 2. The SMILES string of the molecule is COc1ccc(C(=O)CCc2cnn(C)c2)c(F)c1. The molecule has 0 saturated carbocycles. The van der Waals surface area contributed by atoms with E-state index in [9.17, 15) is 9.18 Å². The average molecular weight is 262 g/mol. The van der Waals surface area contributed by atoms with Gasteiger partial charge in [0.05, 0.1) is 18.9 Å². The van der Waals surface area contributed by atoms with Crippen LogP contribution in [0.15, 0.2) is 30.6 Å². The van der Waals surface area contributed by atoms with Gasteiger partial charge in [-0.3, -0.25) is 9.48 Å². The number of hydrogen-bond acceptors (Lipinski definition) is 3. The lowest BCUT2D eigenvalue weighted by Crippen LogP contribution is -2.04. The highest BCUT2D eigenvalue weighted by atomic mass is 19.1. The number of nitrogens with zero attached hydrogens (tertiary/aromatic N) is 2. The molecule has 0 fully saturated rings. The highest BCUT2D eigenvalue weighted by molar-refractivity contribution is 5.96. The van der Waals surface area contributed by atoms with Crippen molar-refractivity contribution in [3.05, 3.63) is 47.5 Å². The molecule has 0 radical (unpaired) electrons. The first-order valence-electron chi connectivity index (χ1n) is 5.94. The maximum absolute atomic E-state index is 13.7. The maximum Gasteiger partial charge on any atom is 0.166 e. The first kappa shape index (κ1) is 13.3. The summed E-state index contributed by atoms with van der Waals surface area (Å²) in [6.45, 7) is 0. The molecule has 2 aromatic rings. The summed E-state index contributed by atoms with van der Waals surface area (Å²) in [6, 6.07) is 4.26. The molecule has 5 heteroatoms. The number of ketones is 1. The van der Waals surface area contributed by atoms with E-state index in [0.717, 1.165) is 5.56 Å². The molecule has 0 saturated heterocycles. The number of rotatable bonds is 5. The number of ether oxygens (including phenoxy) is 1. The minimum Gasteiger partial charge on any atom is -0.497 e. The molecule has 0 bridgehead atoms. The van der Waals surface area contributed by atoms with Gasteiger partial charge in [-0.1, -0.05) is 0 Å². The molecule has 1 aromatic heterocycles. The molecule has 0 spiro atoms. The molecule has 2 rings (SSSR count). The predicted octanol–water partition coefficient (Wildman–Crippen LogP) is 2.38. The van der Waals surface area contributed by atoms with Gasteiger partial charge >= 0.3 is 0 Å². The molecule has 0 amide bonds. The maximum atomic E-state index is 13.7. The van der Waals surface area contributed by atoms with Gasteiger partial charge in [0, 0.05) is 25.7 Å². The third kappa shape index (κ3) is 3.19. The summed E-state index contributed by atoms with van der Waals surface area (Å²) in [5.74, 6) is -0.360. The van der Waals surface area contributed by atoms with Gasteiger partial charge in [0.2, 0.25) is 0 Å². The number of aromatic nitrogens is 2. The zero-order chi connectivity index (χ0) is 13.8. The minimum atomic E-state index is -0.546. The molecule has 1 aromatic carbocycles. The standard InChI is InChI=1S/C14H15FN2O2/c1-17-9-10(8-16-17)3-6-14(18)12-5-4-11(19-2)7-13(12)15/h4-5,7-9H,3,6H2,1-2H3. The first-order valence-corrected chi connectivity index (χ1v) is 5.94. The van der Waals surface area contributed by atoms with Crippen LogP contribution < -0.4 is 4.74 Å². The van der Waals surface area contributed by atoms with Gasteiger partial charge < -0.3 is 4.74 Å². The zero-order valence-electron chi connectivity index (χ0n) is 10.9. The smallest absolute Gasteiger partial charge is 0.166 e. The number of carbonyl (C=O) groups excluding carboxylic acids is 1. The molecule has 0 aliphatic heterocycles. The van der Waals surface area contributed by atoms with Crippen LogP contribution in [-0.2, 0) is 13.5 Å². The second kappa shape index (κ2) is 5.65. The molecular weight excluding hydrogens is 247 g/mol. The van der Waals surface area contributed by atoms with E-state index in [-0.39, 0.29) is 17.8 Å². The number of benzene rings is 1. The fourth-order valence-corrected chi connectivity index (χ4v) is 1.84. The van der Waals surface area contributed by atoms with E-state index in [1.165, 1.54) is 19.2 Å². The third-order valence-corrected chi connectivity index (χ3v) is 2.88. The van der Waals surface area contributed by atoms with Crippen LogP contribution >= 0.6 is 0 Å². The largest absolute Gasteiger partial charge is 0.497 e. The Hall–Kier alpha value is -2.17. The van der Waals surface area contributed by atoms with Gasteiger partial charge in [0.15, 0.2) is 5.78 Å². The van der Waals surface area contributed by atoms with Crippen LogP contribution in [0.4, 0.5) is 4.39 Å². The summed E-state index contributed by atoms with van der Waals surface area (Å²) in [5.41, 5.74) is 1.06. The van der Waals surface area contributed by atoms with Crippen molar-refractivity contribution < 1.29 is 13.9 Å². The highest BCUT2D eigenvalue weighted by Crippen LogP contribution is 2.18. The molecule has 0 N–H and O–H groups in total. The molecule has 1 heterocycles. The monoisotopic (exact) mass is 262 g/mol. The van der Waals surface area contributed by atoms with E-state index in [2.05, 4.69) is 5.10 Å². The quantitative estimate of drug-likeness (QED) is 0.777. The van der Waals surface area contributed by atoms with Gasteiger partial charge in [-0.05, 0) is 24.1 Å². The normalized spacial score (nSPS) is 10.5. The molecule has 0 atom stereocenters. The zero-order valence-corrected chi connectivity index (χ0v) is 10.9. The average Bonchev–Trinajstić information content (AvgIpc) is 2.81. The van der Waals surface area contributed by atoms with Crippen molar-refractivity contribution in [1.82, 2.24) is 9.78 Å². The van der Waals surface area contributed by atoms with Crippen LogP contribution in [0.1, 0.15) is 22.3 Å². The molecule has 19 heavy (non-hydrogen) atoms. The predicted molar refractivity (Wildman–Crippen MR) is 68.8 cm³/mol. The van der Waals surface area contributed by atoms with E-state index >= 15 is 0 Å². The summed E-state index contributed by atoms with van der Waals surface area (Å²) in [6.07, 6.45) is 4.36. The Morgan fingerprint density at radius 2 is 2.26 bits per heavy atom. The number of hydrogen-bond donors (Lipinski definition) is 0. The van der Waals surface area contributed by atoms with Gasteiger partial charge in [-0.2, -0.15) is 5.10 Å². The van der Waals surface area contributed by atoms with Crippen LogP contribution in [-0.4, -0.2) is 22.7 Å². The van der Waals surface area contributed by atoms with Gasteiger partial charge in [0.1, 0.15) is 11.6 Å². The second-order valence-corrected chi connectivity index (χ2v) is 4.29. The molecule has 0 aliphatic carbocycles. The Balaban J connectivity index is 2.03. The third-order valence-electron chi connectivity index (χ3n) is 2.88. The van der Waals surface area contributed by atoms with Crippen molar-refractivity contribution in [1.29, 1.82) is 0 Å². The fraction of sp³-hybridized carbons (Fsp3) is 0.286. The Labute approximate surface area is 110 Å². The van der Waals surface area contributed by atoms with Gasteiger partial charge in [-0.25, -0.2) is 4.39 Å². The van der Waals surface area contributed by atoms with Crippen molar-refractivity contribution in [2.24, 2.45) is 7.05 Å². The van der Waals surface area contributed by atoms with Crippen molar-refractivity contribution in [2.45, 2.75) is 12.8 Å². The Kier molecular flexibility index (Phi) is 3.94. The lowest BCUT2D eigenvalue weighted by atomic mass is 10.0. The van der Waals surface area contributed by atoms with E-state index < -0.39 is 5.82 Å². The van der Waals surface area contributed by atoms with Gasteiger partial charge in [0.25, 0.3) is 0 Å². The second-order valence-electron chi connectivity index (χ2n) is 4.29. The summed E-state index contributed by atoms with van der Waals surface area (Å²) in [7, 11) is 3.27. The lowest BCUT2D eigenvalue weighted by molar-refractivity contribution is 0.0979. The molecular formula is C14H15FN2O2. The topological polar surface area (TPSA) is 44.1 Å². The van der Waals surface area contributed by atoms with Crippen LogP contribution in [0, 0.1) is 5.82 Å². The Morgan fingerprint density at radius 1 is 1.47 bits per heavy atom. The van der Waals surface area contributed by atoms with E-state index in [1.807, 2.05) is 13.2 Å². The Bertz CT molecular complexity index is 593. The lowest BCUT2D eigenvalue weighted by Gasteiger charge is -2.04. The summed E-state index contributed by atoms with van der Waals surface area (Å²) >= 11 is 0. The van der Waals surface area contributed by atoms with Gasteiger partial charge in [-0.15, -0.1) is 0 Å². The Morgan fingerprint density at radius 3 is 2.84 bits per heavy atom. The van der Waals surface area contributed by atoms with Crippen LogP contribution in [0.25, 0.3) is 0 Å². The van der Waals surface area contributed by atoms with Crippen molar-refractivity contribution in [3.63, 3.8) is 0 Å². The molecule has 4 nitrogen and oxygen atoms in total.